The molecule has 8 aliphatic rings. The van der Waals surface area contributed by atoms with Gasteiger partial charge in [-0.2, -0.15) is 0 Å². The second-order valence-corrected chi connectivity index (χ2v) is 23.7. The average molecular weight is 701 g/mol. The third-order valence-electron chi connectivity index (χ3n) is 22.0. The van der Waals surface area contributed by atoms with E-state index in [1.807, 2.05) is 0 Å². The Morgan fingerprint density at radius 2 is 1.08 bits per heavy atom. The van der Waals surface area contributed by atoms with E-state index in [9.17, 15) is 0 Å². The molecule has 0 heterocycles. The molecule has 0 heteroatoms. The van der Waals surface area contributed by atoms with Crippen molar-refractivity contribution in [2.24, 2.45) is 116 Å². The lowest BCUT2D eigenvalue weighted by Crippen LogP contribution is -2.53. The van der Waals surface area contributed by atoms with E-state index in [-0.39, 0.29) is 0 Å². The lowest BCUT2D eigenvalue weighted by atomic mass is 9.44. The summed E-state index contributed by atoms with van der Waals surface area (Å²) >= 11 is 0. The summed E-state index contributed by atoms with van der Waals surface area (Å²) in [7, 11) is 0. The molecule has 292 valence electrons. The van der Waals surface area contributed by atoms with Crippen LogP contribution in [0.15, 0.2) is 0 Å². The summed E-state index contributed by atoms with van der Waals surface area (Å²) in [5.74, 6) is 16.4. The van der Waals surface area contributed by atoms with E-state index < -0.39 is 0 Å². The molecule has 0 bridgehead atoms. The fourth-order valence-corrected chi connectivity index (χ4v) is 18.8. The van der Waals surface area contributed by atoms with Gasteiger partial charge in [-0.3, -0.25) is 0 Å². The van der Waals surface area contributed by atoms with Crippen LogP contribution in [0.4, 0.5) is 0 Å². The highest BCUT2D eigenvalue weighted by atomic mass is 14.8. The van der Waals surface area contributed by atoms with Gasteiger partial charge in [0.25, 0.3) is 0 Å². The molecule has 0 amide bonds. The first-order chi connectivity index (χ1) is 24.4. The molecule has 8 fully saturated rings. The van der Waals surface area contributed by atoms with Crippen LogP contribution in [-0.2, 0) is 0 Å². The minimum absolute atomic E-state index is 0.513. The highest BCUT2D eigenvalue weighted by Crippen LogP contribution is 2.79. The normalized spacial score (nSPS) is 49.1. The van der Waals surface area contributed by atoms with Gasteiger partial charge in [0.15, 0.2) is 0 Å². The van der Waals surface area contributed by atoms with Gasteiger partial charge in [-0.15, -0.1) is 0 Å². The van der Waals surface area contributed by atoms with Crippen LogP contribution in [0.1, 0.15) is 204 Å². The summed E-state index contributed by atoms with van der Waals surface area (Å²) in [6.45, 7) is 26.7. The first kappa shape index (κ1) is 37.9. The highest BCUT2D eigenvalue weighted by molar-refractivity contribution is 5.21. The van der Waals surface area contributed by atoms with E-state index in [1.165, 1.54) is 44.9 Å². The van der Waals surface area contributed by atoms with E-state index in [1.54, 1.807) is 89.9 Å². The predicted molar refractivity (Wildman–Crippen MR) is 219 cm³/mol. The van der Waals surface area contributed by atoms with Crippen molar-refractivity contribution in [3.63, 3.8) is 0 Å². The molecule has 0 nitrogen and oxygen atoms in total. The van der Waals surface area contributed by atoms with E-state index in [4.69, 9.17) is 0 Å². The summed E-state index contributed by atoms with van der Waals surface area (Å²) in [6, 6.07) is 0. The Morgan fingerprint density at radius 1 is 0.549 bits per heavy atom. The standard InChI is InChI=1S/C51H88/c1-11-49(9,12-2)36-29-37(50(10,13-3)14-4)31-51(30-36)43-24-23-42-45(40-26-33-19-15-16-20-34(33)28-44(40)48(42,7)8)46(43)41-27-35(25-32(5)6)38-21-17-18-22-39(38)47(41)51/h32-47H,11-31H2,1-10H3. The molecular weight excluding hydrogens is 613 g/mol. The fraction of sp³-hybridized carbons (Fsp3) is 1.00. The lowest BCUT2D eigenvalue weighted by Gasteiger charge is -2.61. The zero-order valence-electron chi connectivity index (χ0n) is 36.1. The monoisotopic (exact) mass is 701 g/mol. The van der Waals surface area contributed by atoms with Crippen molar-refractivity contribution < 1.29 is 0 Å². The maximum atomic E-state index is 2.84. The molecule has 15 unspecified atom stereocenters. The van der Waals surface area contributed by atoms with E-state index >= 15 is 0 Å². The van der Waals surface area contributed by atoms with Gasteiger partial charge in [-0.25, -0.2) is 0 Å². The maximum Gasteiger partial charge on any atom is -0.0227 e. The van der Waals surface area contributed by atoms with Gasteiger partial charge >= 0.3 is 0 Å². The molecule has 0 aliphatic heterocycles. The molecule has 1 spiro atoms. The van der Waals surface area contributed by atoms with Crippen LogP contribution in [0.3, 0.4) is 0 Å². The van der Waals surface area contributed by atoms with Gasteiger partial charge in [0, 0.05) is 0 Å². The summed E-state index contributed by atoms with van der Waals surface area (Å²) in [5.41, 5.74) is 2.22. The van der Waals surface area contributed by atoms with Crippen molar-refractivity contribution >= 4 is 0 Å². The Balaban J connectivity index is 1.28. The molecule has 0 saturated heterocycles. The Morgan fingerprint density at radius 3 is 1.67 bits per heavy atom. The van der Waals surface area contributed by atoms with Gasteiger partial charge in [-0.05, 0) is 187 Å². The molecule has 0 radical (unpaired) electrons. The van der Waals surface area contributed by atoms with Crippen LogP contribution in [0, 0.1) is 116 Å². The molecule has 8 saturated carbocycles. The van der Waals surface area contributed by atoms with Gasteiger partial charge in [0.2, 0.25) is 0 Å². The van der Waals surface area contributed by atoms with Gasteiger partial charge in [0.1, 0.15) is 0 Å². The lowest BCUT2D eigenvalue weighted by molar-refractivity contribution is -0.116. The molecule has 51 heavy (non-hydrogen) atoms. The van der Waals surface area contributed by atoms with Crippen molar-refractivity contribution in [2.45, 2.75) is 204 Å². The minimum Gasteiger partial charge on any atom is -0.0649 e. The number of hydrogen-bond donors (Lipinski definition) is 0. The van der Waals surface area contributed by atoms with Gasteiger partial charge < -0.3 is 0 Å². The first-order valence-corrected chi connectivity index (χ1v) is 24.4. The summed E-state index contributed by atoms with van der Waals surface area (Å²) in [6.07, 6.45) is 32.5. The summed E-state index contributed by atoms with van der Waals surface area (Å²) < 4.78 is 0. The van der Waals surface area contributed by atoms with Crippen LogP contribution in [0.5, 0.6) is 0 Å². The number of rotatable bonds is 8. The Labute approximate surface area is 319 Å². The average Bonchev–Trinajstić information content (AvgIpc) is 3.53. The smallest absolute Gasteiger partial charge is 0.0227 e. The topological polar surface area (TPSA) is 0 Å². The summed E-state index contributed by atoms with van der Waals surface area (Å²) in [4.78, 5) is 0. The minimum atomic E-state index is 0.513. The van der Waals surface area contributed by atoms with Crippen LogP contribution in [-0.4, -0.2) is 0 Å². The van der Waals surface area contributed by atoms with Gasteiger partial charge in [-0.1, -0.05) is 133 Å². The zero-order chi connectivity index (χ0) is 36.1. The van der Waals surface area contributed by atoms with E-state index in [2.05, 4.69) is 69.2 Å². The largest absolute Gasteiger partial charge is 0.0649 e. The van der Waals surface area contributed by atoms with Crippen molar-refractivity contribution in [1.82, 2.24) is 0 Å². The predicted octanol–water partition coefficient (Wildman–Crippen LogP) is 15.3. The number of hydrogen-bond acceptors (Lipinski definition) is 0. The maximum absolute atomic E-state index is 2.84. The van der Waals surface area contributed by atoms with Crippen LogP contribution in [0.25, 0.3) is 0 Å². The zero-order valence-corrected chi connectivity index (χ0v) is 36.1. The fourth-order valence-electron chi connectivity index (χ4n) is 18.8. The summed E-state index contributed by atoms with van der Waals surface area (Å²) in [5, 5.41) is 0. The molecule has 8 aliphatic carbocycles. The molecule has 0 aromatic carbocycles. The third-order valence-corrected chi connectivity index (χ3v) is 22.0. The van der Waals surface area contributed by atoms with Crippen LogP contribution < -0.4 is 0 Å². The van der Waals surface area contributed by atoms with Gasteiger partial charge in [0.05, 0.1) is 0 Å². The van der Waals surface area contributed by atoms with Crippen molar-refractivity contribution in [1.29, 1.82) is 0 Å². The Bertz CT molecular complexity index is 1170. The molecule has 0 aromatic heterocycles. The van der Waals surface area contributed by atoms with Crippen LogP contribution in [0.2, 0.25) is 0 Å². The third kappa shape index (κ3) is 5.79. The van der Waals surface area contributed by atoms with Crippen LogP contribution >= 0.6 is 0 Å². The second-order valence-electron chi connectivity index (χ2n) is 23.7. The Kier molecular flexibility index (Phi) is 10.3. The van der Waals surface area contributed by atoms with E-state index in [0.29, 0.717) is 21.7 Å². The number of fused-ring (bicyclic) bond motifs is 12. The molecule has 0 aromatic rings. The molecule has 8 rings (SSSR count). The van der Waals surface area contributed by atoms with E-state index in [0.717, 1.165) is 94.7 Å². The molecule has 0 N–H and O–H groups in total. The molecule has 15 atom stereocenters. The molecular formula is C51H88. The highest BCUT2D eigenvalue weighted by Gasteiger charge is 2.73. The first-order valence-electron chi connectivity index (χ1n) is 24.4. The SMILES string of the molecule is CCC(C)(CC)C1CC(C(C)(CC)CC)CC2(C1)C1CCC3C(C4CC5CCCCC5CC4C3(C)C)C1C1CC(CC(C)C)C3CCCCC3C12. The van der Waals surface area contributed by atoms with Crippen molar-refractivity contribution in [3.8, 4) is 0 Å². The quantitative estimate of drug-likeness (QED) is 0.236. The Hall–Kier alpha value is 0. The second kappa shape index (κ2) is 13.9. The van der Waals surface area contributed by atoms with Crippen molar-refractivity contribution in [3.05, 3.63) is 0 Å². The van der Waals surface area contributed by atoms with Crippen molar-refractivity contribution in [2.75, 3.05) is 0 Å².